The fraction of sp³-hybridized carbons (Fsp3) is 0.304. The van der Waals surface area contributed by atoms with Gasteiger partial charge in [-0.1, -0.05) is 42.9 Å². The molecule has 0 bridgehead atoms. The summed E-state index contributed by atoms with van der Waals surface area (Å²) < 4.78 is 0.904. The minimum absolute atomic E-state index is 0. The minimum atomic E-state index is -0.104. The second-order valence-corrected chi connectivity index (χ2v) is 8.67. The van der Waals surface area contributed by atoms with E-state index in [2.05, 4.69) is 28.7 Å². The first-order valence-corrected chi connectivity index (χ1v) is 11.5. The SMILES string of the molecule is CCN(CC)CCN(C(=O)c1ccc2nccnc2c1)c1nc2c(C)ccc(Cl)c2s1.Cl. The molecule has 0 atom stereocenters. The molecule has 9 heteroatoms. The van der Waals surface area contributed by atoms with Crippen molar-refractivity contribution in [1.82, 2.24) is 19.9 Å². The van der Waals surface area contributed by atoms with Crippen molar-refractivity contribution >= 4 is 67.6 Å². The highest BCUT2D eigenvalue weighted by molar-refractivity contribution is 7.23. The van der Waals surface area contributed by atoms with Crippen LogP contribution in [-0.2, 0) is 0 Å². The van der Waals surface area contributed by atoms with Crippen LogP contribution < -0.4 is 4.90 Å². The number of aromatic nitrogens is 3. The first kappa shape index (κ1) is 24.3. The van der Waals surface area contributed by atoms with Gasteiger partial charge in [-0.05, 0) is 49.8 Å². The molecule has 0 saturated heterocycles. The van der Waals surface area contributed by atoms with Crippen molar-refractivity contribution in [2.24, 2.45) is 0 Å². The van der Waals surface area contributed by atoms with E-state index in [0.717, 1.165) is 40.9 Å². The maximum Gasteiger partial charge on any atom is 0.260 e. The van der Waals surface area contributed by atoms with Gasteiger partial charge in [-0.15, -0.1) is 12.4 Å². The van der Waals surface area contributed by atoms with Gasteiger partial charge >= 0.3 is 0 Å². The standard InChI is InChI=1S/C23H24ClN5OS.ClH/c1-4-28(5-2)12-13-29(23-27-20-15(3)6-8-17(24)21(20)31-23)22(30)16-7-9-18-19(14-16)26-11-10-25-18;/h6-11,14H,4-5,12-13H2,1-3H3;1H. The molecule has 1 amide bonds. The highest BCUT2D eigenvalue weighted by atomic mass is 35.5. The molecule has 0 aliphatic heterocycles. The van der Waals surface area contributed by atoms with Crippen LogP contribution in [0.3, 0.4) is 0 Å². The third-order valence-corrected chi connectivity index (χ3v) is 6.95. The lowest BCUT2D eigenvalue weighted by Crippen LogP contribution is -2.38. The van der Waals surface area contributed by atoms with Crippen molar-refractivity contribution in [2.75, 3.05) is 31.1 Å². The van der Waals surface area contributed by atoms with Crippen LogP contribution in [0.15, 0.2) is 42.7 Å². The quantitative estimate of drug-likeness (QED) is 0.337. The van der Waals surface area contributed by atoms with Crippen LogP contribution in [0.4, 0.5) is 5.13 Å². The summed E-state index contributed by atoms with van der Waals surface area (Å²) in [6.45, 7) is 9.40. The van der Waals surface area contributed by atoms with E-state index in [4.69, 9.17) is 16.6 Å². The highest BCUT2D eigenvalue weighted by Gasteiger charge is 2.23. The van der Waals surface area contributed by atoms with Gasteiger partial charge in [-0.25, -0.2) is 4.98 Å². The maximum atomic E-state index is 13.6. The molecule has 0 saturated carbocycles. The van der Waals surface area contributed by atoms with E-state index in [1.165, 1.54) is 11.3 Å². The number of hydrogen-bond donors (Lipinski definition) is 0. The molecule has 0 spiro atoms. The summed E-state index contributed by atoms with van der Waals surface area (Å²) in [4.78, 5) is 31.1. The van der Waals surface area contributed by atoms with E-state index in [-0.39, 0.29) is 18.3 Å². The van der Waals surface area contributed by atoms with Crippen LogP contribution in [-0.4, -0.2) is 51.9 Å². The van der Waals surface area contributed by atoms with E-state index in [1.54, 1.807) is 29.4 Å². The zero-order chi connectivity index (χ0) is 22.0. The zero-order valence-corrected chi connectivity index (χ0v) is 20.6. The van der Waals surface area contributed by atoms with Crippen LogP contribution in [0, 0.1) is 6.92 Å². The average Bonchev–Trinajstić information content (AvgIpc) is 3.25. The van der Waals surface area contributed by atoms with Gasteiger partial charge in [0.25, 0.3) is 5.91 Å². The number of anilines is 1. The molecule has 0 fully saturated rings. The molecule has 32 heavy (non-hydrogen) atoms. The number of thiazole rings is 1. The van der Waals surface area contributed by atoms with E-state index < -0.39 is 0 Å². The number of carbonyl (C=O) groups excluding carboxylic acids is 1. The van der Waals surface area contributed by atoms with Crippen LogP contribution in [0.5, 0.6) is 0 Å². The number of aryl methyl sites for hydroxylation is 1. The van der Waals surface area contributed by atoms with Gasteiger partial charge in [0.15, 0.2) is 5.13 Å². The van der Waals surface area contributed by atoms with Crippen LogP contribution in [0.2, 0.25) is 5.02 Å². The topological polar surface area (TPSA) is 62.2 Å². The molecule has 0 N–H and O–H groups in total. The van der Waals surface area contributed by atoms with Crippen molar-refractivity contribution in [3.63, 3.8) is 0 Å². The molecule has 0 radical (unpaired) electrons. The zero-order valence-electron chi connectivity index (χ0n) is 18.2. The Kier molecular flexibility index (Phi) is 8.00. The molecule has 2 aromatic carbocycles. The predicted molar refractivity (Wildman–Crippen MR) is 136 cm³/mol. The summed E-state index contributed by atoms with van der Waals surface area (Å²) in [7, 11) is 0. The van der Waals surface area contributed by atoms with E-state index in [1.807, 2.05) is 25.1 Å². The molecule has 0 aliphatic rings. The smallest absolute Gasteiger partial charge is 0.260 e. The fourth-order valence-electron chi connectivity index (χ4n) is 3.52. The van der Waals surface area contributed by atoms with Crippen molar-refractivity contribution in [2.45, 2.75) is 20.8 Å². The molecule has 4 aromatic rings. The Balaban J connectivity index is 0.00000289. The van der Waals surface area contributed by atoms with Crippen molar-refractivity contribution in [1.29, 1.82) is 0 Å². The number of rotatable bonds is 7. The Morgan fingerprint density at radius 3 is 2.44 bits per heavy atom. The lowest BCUT2D eigenvalue weighted by molar-refractivity contribution is 0.0984. The van der Waals surface area contributed by atoms with Crippen molar-refractivity contribution in [3.8, 4) is 0 Å². The van der Waals surface area contributed by atoms with Crippen LogP contribution in [0.1, 0.15) is 29.8 Å². The van der Waals surface area contributed by atoms with Gasteiger partial charge in [-0.3, -0.25) is 19.7 Å². The first-order chi connectivity index (χ1) is 15.0. The lowest BCUT2D eigenvalue weighted by atomic mass is 10.1. The third kappa shape index (κ3) is 4.86. The Hall–Kier alpha value is -2.32. The predicted octanol–water partition coefficient (Wildman–Crippen LogP) is 5.61. The molecule has 0 aliphatic carbocycles. The van der Waals surface area contributed by atoms with Gasteiger partial charge in [0.1, 0.15) is 0 Å². The molecule has 0 unspecified atom stereocenters. The minimum Gasteiger partial charge on any atom is -0.302 e. The summed E-state index contributed by atoms with van der Waals surface area (Å²) >= 11 is 7.88. The van der Waals surface area contributed by atoms with Crippen LogP contribution in [0.25, 0.3) is 21.3 Å². The number of hydrogen-bond acceptors (Lipinski definition) is 6. The van der Waals surface area contributed by atoms with E-state index >= 15 is 0 Å². The van der Waals surface area contributed by atoms with Gasteiger partial charge in [0.2, 0.25) is 0 Å². The Morgan fingerprint density at radius 2 is 1.75 bits per heavy atom. The second-order valence-electron chi connectivity index (χ2n) is 7.28. The van der Waals surface area contributed by atoms with Crippen molar-refractivity contribution < 1.29 is 4.79 Å². The molecule has 6 nitrogen and oxygen atoms in total. The highest BCUT2D eigenvalue weighted by Crippen LogP contribution is 2.36. The maximum absolute atomic E-state index is 13.6. The molecule has 4 rings (SSSR count). The summed E-state index contributed by atoms with van der Waals surface area (Å²) in [5.41, 5.74) is 3.91. The van der Waals surface area contributed by atoms with Gasteiger partial charge < -0.3 is 4.90 Å². The summed E-state index contributed by atoms with van der Waals surface area (Å²) in [6.07, 6.45) is 3.28. The number of carbonyl (C=O) groups is 1. The number of benzene rings is 2. The second kappa shape index (κ2) is 10.5. The van der Waals surface area contributed by atoms with Gasteiger partial charge in [0, 0.05) is 31.0 Å². The number of amides is 1. The number of halogens is 2. The Labute approximate surface area is 202 Å². The van der Waals surface area contributed by atoms with E-state index in [9.17, 15) is 4.79 Å². The van der Waals surface area contributed by atoms with Crippen LogP contribution >= 0.6 is 35.3 Å². The number of nitrogens with zero attached hydrogens (tertiary/aromatic N) is 5. The Morgan fingerprint density at radius 1 is 1.03 bits per heavy atom. The average molecular weight is 490 g/mol. The summed E-state index contributed by atoms with van der Waals surface area (Å²) in [5.74, 6) is -0.104. The molecule has 168 valence electrons. The number of likely N-dealkylation sites (N-methyl/N-ethyl adjacent to an activating group) is 1. The molecular weight excluding hydrogens is 465 g/mol. The Bertz CT molecular complexity index is 1200. The fourth-order valence-corrected chi connectivity index (χ4v) is 4.86. The monoisotopic (exact) mass is 489 g/mol. The van der Waals surface area contributed by atoms with Crippen molar-refractivity contribution in [3.05, 3.63) is 58.9 Å². The molecule has 2 heterocycles. The van der Waals surface area contributed by atoms with Gasteiger partial charge in [0.05, 0.1) is 26.3 Å². The summed E-state index contributed by atoms with van der Waals surface area (Å²) in [5, 5.41) is 1.31. The largest absolute Gasteiger partial charge is 0.302 e. The third-order valence-electron chi connectivity index (χ3n) is 5.41. The molecule has 2 aromatic heterocycles. The molecular formula is C23H25Cl2N5OS. The van der Waals surface area contributed by atoms with E-state index in [0.29, 0.717) is 27.8 Å². The lowest BCUT2D eigenvalue weighted by Gasteiger charge is -2.24. The summed E-state index contributed by atoms with van der Waals surface area (Å²) in [6, 6.07) is 9.26. The number of fused-ring (bicyclic) bond motifs is 2. The first-order valence-electron chi connectivity index (χ1n) is 10.3. The normalized spacial score (nSPS) is 11.2. The van der Waals surface area contributed by atoms with Gasteiger partial charge in [-0.2, -0.15) is 0 Å².